The Morgan fingerprint density at radius 3 is 2.76 bits per heavy atom. The standard InChI is InChI=1S/C18H24N2O5/c1-2-3-9-24-18(23)15-10-14(21)11-19-16(15)17(22)20-25-12-13-7-5-4-6-8-13/h4-8,15-16,19H,2-3,9-12H2,1H3,(H,20,22)/t15-,16-/m0/s1. The Kier molecular flexibility index (Phi) is 7.56. The molecule has 7 nitrogen and oxygen atoms in total. The molecule has 0 aromatic heterocycles. The van der Waals surface area contributed by atoms with Gasteiger partial charge in [-0.15, -0.1) is 0 Å². The lowest BCUT2D eigenvalue weighted by Crippen LogP contribution is -2.56. The van der Waals surface area contributed by atoms with E-state index in [9.17, 15) is 14.4 Å². The fourth-order valence-corrected chi connectivity index (χ4v) is 2.55. The summed E-state index contributed by atoms with van der Waals surface area (Å²) in [6, 6.07) is 8.53. The minimum atomic E-state index is -0.845. The number of amides is 1. The van der Waals surface area contributed by atoms with Gasteiger partial charge in [0, 0.05) is 6.42 Å². The Hall–Kier alpha value is -2.25. The van der Waals surface area contributed by atoms with Crippen LogP contribution in [-0.4, -0.2) is 36.9 Å². The minimum absolute atomic E-state index is 0.00523. The second-order valence-electron chi connectivity index (χ2n) is 5.97. The molecule has 0 spiro atoms. The average molecular weight is 348 g/mol. The quantitative estimate of drug-likeness (QED) is 0.415. The summed E-state index contributed by atoms with van der Waals surface area (Å²) in [5, 5.41) is 2.80. The third kappa shape index (κ3) is 5.95. The maximum atomic E-state index is 12.3. The third-order valence-corrected chi connectivity index (χ3v) is 3.95. The Bertz CT molecular complexity index is 590. The van der Waals surface area contributed by atoms with Crippen LogP contribution in [0.4, 0.5) is 0 Å². The molecule has 1 aliphatic heterocycles. The van der Waals surface area contributed by atoms with Gasteiger partial charge in [0.15, 0.2) is 0 Å². The summed E-state index contributed by atoms with van der Waals surface area (Å²) in [5.41, 5.74) is 3.25. The van der Waals surface area contributed by atoms with Crippen LogP contribution in [0.2, 0.25) is 0 Å². The van der Waals surface area contributed by atoms with Crippen LogP contribution < -0.4 is 10.8 Å². The summed E-state index contributed by atoms with van der Waals surface area (Å²) in [4.78, 5) is 41.4. The molecule has 2 N–H and O–H groups in total. The molecule has 2 atom stereocenters. The molecule has 1 fully saturated rings. The summed E-state index contributed by atoms with van der Waals surface area (Å²) >= 11 is 0. The highest BCUT2D eigenvalue weighted by atomic mass is 16.7. The van der Waals surface area contributed by atoms with Crippen LogP contribution in [0.25, 0.3) is 0 Å². The molecule has 0 bridgehead atoms. The number of esters is 1. The molecule has 25 heavy (non-hydrogen) atoms. The van der Waals surface area contributed by atoms with Crippen LogP contribution in [0.1, 0.15) is 31.7 Å². The highest BCUT2D eigenvalue weighted by Gasteiger charge is 2.39. The van der Waals surface area contributed by atoms with E-state index in [4.69, 9.17) is 9.57 Å². The van der Waals surface area contributed by atoms with Crippen molar-refractivity contribution in [2.45, 2.75) is 38.8 Å². The Morgan fingerprint density at radius 2 is 2.04 bits per heavy atom. The van der Waals surface area contributed by atoms with Gasteiger partial charge >= 0.3 is 5.97 Å². The normalized spacial score (nSPS) is 20.1. The van der Waals surface area contributed by atoms with Gasteiger partial charge in [-0.05, 0) is 12.0 Å². The van der Waals surface area contributed by atoms with Crippen molar-refractivity contribution in [2.75, 3.05) is 13.2 Å². The largest absolute Gasteiger partial charge is 0.465 e. The van der Waals surface area contributed by atoms with Crippen molar-refractivity contribution in [1.29, 1.82) is 0 Å². The van der Waals surface area contributed by atoms with E-state index in [1.54, 1.807) is 0 Å². The number of piperidine rings is 1. The summed E-state index contributed by atoms with van der Waals surface area (Å²) in [5.74, 6) is -1.97. The first-order valence-corrected chi connectivity index (χ1v) is 8.49. The molecule has 136 valence electrons. The van der Waals surface area contributed by atoms with Crippen molar-refractivity contribution < 1.29 is 24.0 Å². The van der Waals surface area contributed by atoms with Crippen molar-refractivity contribution in [2.24, 2.45) is 5.92 Å². The molecule has 1 aromatic rings. The molecule has 0 aliphatic carbocycles. The first kappa shape index (κ1) is 19.1. The molecule has 2 rings (SSSR count). The van der Waals surface area contributed by atoms with Gasteiger partial charge in [-0.3, -0.25) is 24.5 Å². The maximum Gasteiger partial charge on any atom is 0.311 e. The second-order valence-corrected chi connectivity index (χ2v) is 5.97. The van der Waals surface area contributed by atoms with Gasteiger partial charge in [-0.25, -0.2) is 5.48 Å². The van der Waals surface area contributed by atoms with E-state index < -0.39 is 23.8 Å². The van der Waals surface area contributed by atoms with Crippen molar-refractivity contribution in [3.05, 3.63) is 35.9 Å². The molecule has 1 aliphatic rings. The van der Waals surface area contributed by atoms with E-state index in [0.717, 1.165) is 18.4 Å². The lowest BCUT2D eigenvalue weighted by atomic mass is 9.90. The molecule has 1 amide bonds. The minimum Gasteiger partial charge on any atom is -0.465 e. The van der Waals surface area contributed by atoms with Gasteiger partial charge in [0.1, 0.15) is 11.8 Å². The molecular weight excluding hydrogens is 324 g/mol. The number of ether oxygens (including phenoxy) is 1. The van der Waals surface area contributed by atoms with Gasteiger partial charge in [-0.2, -0.15) is 0 Å². The monoisotopic (exact) mass is 348 g/mol. The van der Waals surface area contributed by atoms with Crippen molar-refractivity contribution in [3.63, 3.8) is 0 Å². The van der Waals surface area contributed by atoms with Gasteiger partial charge < -0.3 is 4.74 Å². The van der Waals surface area contributed by atoms with Crippen LogP contribution in [0.3, 0.4) is 0 Å². The summed E-state index contributed by atoms with van der Waals surface area (Å²) < 4.78 is 5.17. The lowest BCUT2D eigenvalue weighted by Gasteiger charge is -2.29. The lowest BCUT2D eigenvalue weighted by molar-refractivity contribution is -0.157. The van der Waals surface area contributed by atoms with Crippen molar-refractivity contribution in [1.82, 2.24) is 10.8 Å². The SMILES string of the molecule is CCCCOC(=O)[C@H]1CC(=O)CN[C@@H]1C(=O)NOCc1ccccc1. The topological polar surface area (TPSA) is 93.7 Å². The molecule has 1 heterocycles. The smallest absolute Gasteiger partial charge is 0.311 e. The molecule has 1 saturated heterocycles. The maximum absolute atomic E-state index is 12.3. The van der Waals surface area contributed by atoms with Crippen LogP contribution in [-0.2, 0) is 30.6 Å². The van der Waals surface area contributed by atoms with E-state index >= 15 is 0 Å². The number of rotatable bonds is 8. The van der Waals surface area contributed by atoms with Crippen molar-refractivity contribution >= 4 is 17.7 Å². The number of benzene rings is 1. The van der Waals surface area contributed by atoms with Crippen LogP contribution in [0.15, 0.2) is 30.3 Å². The Labute approximate surface area is 147 Å². The van der Waals surface area contributed by atoms with Crippen LogP contribution in [0, 0.1) is 5.92 Å². The number of ketones is 1. The highest BCUT2D eigenvalue weighted by Crippen LogP contribution is 2.17. The number of hydroxylamine groups is 1. The molecule has 1 aromatic carbocycles. The predicted octanol–water partition coefficient (Wildman–Crippen LogP) is 1.12. The van der Waals surface area contributed by atoms with E-state index in [0.29, 0.717) is 6.61 Å². The predicted molar refractivity (Wildman–Crippen MR) is 90.1 cm³/mol. The highest BCUT2D eigenvalue weighted by molar-refractivity contribution is 5.94. The zero-order valence-electron chi connectivity index (χ0n) is 14.3. The fraction of sp³-hybridized carbons (Fsp3) is 0.500. The Balaban J connectivity index is 1.88. The van der Waals surface area contributed by atoms with Gasteiger partial charge in [0.25, 0.3) is 5.91 Å². The first-order chi connectivity index (χ1) is 12.1. The van der Waals surface area contributed by atoms with Gasteiger partial charge in [0.2, 0.25) is 0 Å². The van der Waals surface area contributed by atoms with E-state index in [-0.39, 0.29) is 25.4 Å². The number of carbonyl (C=O) groups is 3. The van der Waals surface area contributed by atoms with Gasteiger partial charge in [-0.1, -0.05) is 43.7 Å². The molecular formula is C18H24N2O5. The van der Waals surface area contributed by atoms with Crippen LogP contribution >= 0.6 is 0 Å². The summed E-state index contributed by atoms with van der Waals surface area (Å²) in [6.45, 7) is 2.54. The zero-order valence-corrected chi connectivity index (χ0v) is 14.3. The van der Waals surface area contributed by atoms with Crippen LogP contribution in [0.5, 0.6) is 0 Å². The second kappa shape index (κ2) is 9.90. The fourth-order valence-electron chi connectivity index (χ4n) is 2.55. The third-order valence-electron chi connectivity index (χ3n) is 3.95. The number of carbonyl (C=O) groups excluding carboxylic acids is 3. The molecule has 0 unspecified atom stereocenters. The number of hydrogen-bond acceptors (Lipinski definition) is 6. The molecule has 0 saturated carbocycles. The van der Waals surface area contributed by atoms with E-state index in [1.165, 1.54) is 0 Å². The average Bonchev–Trinajstić information content (AvgIpc) is 2.62. The van der Waals surface area contributed by atoms with Crippen molar-refractivity contribution in [3.8, 4) is 0 Å². The van der Waals surface area contributed by atoms with E-state index in [1.807, 2.05) is 37.3 Å². The molecule has 7 heteroatoms. The first-order valence-electron chi connectivity index (χ1n) is 8.49. The number of Topliss-reactive ketones (excluding diaryl/α,β-unsaturated/α-hetero) is 1. The zero-order chi connectivity index (χ0) is 18.1. The van der Waals surface area contributed by atoms with Gasteiger partial charge in [0.05, 0.1) is 25.7 Å². The summed E-state index contributed by atoms with van der Waals surface area (Å²) in [6.07, 6.45) is 1.64. The summed E-state index contributed by atoms with van der Waals surface area (Å²) in [7, 11) is 0. The molecule has 0 radical (unpaired) electrons. The number of hydrogen-bond donors (Lipinski definition) is 2. The Morgan fingerprint density at radius 1 is 1.28 bits per heavy atom. The number of nitrogens with one attached hydrogen (secondary N) is 2. The number of unbranched alkanes of at least 4 members (excludes halogenated alkanes) is 1. The van der Waals surface area contributed by atoms with E-state index in [2.05, 4.69) is 10.8 Å².